The molecular formula is C11H20N2O5. The lowest BCUT2D eigenvalue weighted by Gasteiger charge is -2.21. The highest BCUT2D eigenvalue weighted by molar-refractivity contribution is 5.81. The van der Waals surface area contributed by atoms with E-state index in [9.17, 15) is 14.4 Å². The Morgan fingerprint density at radius 3 is 2.22 bits per heavy atom. The number of hydrogen-bond acceptors (Lipinski definition) is 4. The average molecular weight is 260 g/mol. The number of ether oxygens (including phenoxy) is 1. The quantitative estimate of drug-likeness (QED) is 0.667. The molecule has 0 aromatic heterocycles. The maximum Gasteiger partial charge on any atom is 0.408 e. The monoisotopic (exact) mass is 260 g/mol. The van der Waals surface area contributed by atoms with Crippen molar-refractivity contribution in [1.29, 1.82) is 0 Å². The molecule has 0 saturated heterocycles. The van der Waals surface area contributed by atoms with Crippen molar-refractivity contribution in [2.24, 2.45) is 0 Å². The number of aliphatic carboxylic acids is 1. The topological polar surface area (TPSA) is 105 Å². The normalized spacial score (nSPS) is 12.4. The highest BCUT2D eigenvalue weighted by Crippen LogP contribution is 2.07. The van der Waals surface area contributed by atoms with Gasteiger partial charge in [-0.15, -0.1) is 0 Å². The van der Waals surface area contributed by atoms with Gasteiger partial charge in [0.2, 0.25) is 5.91 Å². The Labute approximate surface area is 106 Å². The number of carbonyl (C=O) groups is 3. The van der Waals surface area contributed by atoms with Crippen LogP contribution in [0.3, 0.4) is 0 Å². The summed E-state index contributed by atoms with van der Waals surface area (Å²) in [5.74, 6) is -1.49. The van der Waals surface area contributed by atoms with Crippen molar-refractivity contribution < 1.29 is 24.2 Å². The van der Waals surface area contributed by atoms with Crippen LogP contribution in [0.5, 0.6) is 0 Å². The molecule has 18 heavy (non-hydrogen) atoms. The average Bonchev–Trinajstić information content (AvgIpc) is 2.20. The van der Waals surface area contributed by atoms with Gasteiger partial charge in [-0.05, 0) is 27.2 Å². The van der Waals surface area contributed by atoms with Crippen LogP contribution in [0.4, 0.5) is 4.79 Å². The van der Waals surface area contributed by atoms with Gasteiger partial charge in [0.15, 0.2) is 0 Å². The first-order chi connectivity index (χ1) is 8.15. The van der Waals surface area contributed by atoms with Crippen LogP contribution in [0.15, 0.2) is 0 Å². The van der Waals surface area contributed by atoms with Crippen LogP contribution >= 0.6 is 0 Å². The Kier molecular flexibility index (Phi) is 6.15. The highest BCUT2D eigenvalue weighted by atomic mass is 16.6. The van der Waals surface area contributed by atoms with Crippen LogP contribution in [0.2, 0.25) is 0 Å². The van der Waals surface area contributed by atoms with E-state index in [1.807, 2.05) is 0 Å². The first-order valence-electron chi connectivity index (χ1n) is 5.58. The van der Waals surface area contributed by atoms with Gasteiger partial charge < -0.3 is 20.5 Å². The lowest BCUT2D eigenvalue weighted by molar-refractivity contribution is -0.139. The van der Waals surface area contributed by atoms with Gasteiger partial charge >= 0.3 is 12.1 Å². The Hall–Kier alpha value is -1.79. The molecule has 7 heteroatoms. The largest absolute Gasteiger partial charge is 0.480 e. The number of carboxylic acids is 1. The summed E-state index contributed by atoms with van der Waals surface area (Å²) in [5.41, 5.74) is -0.700. The molecule has 0 saturated carbocycles. The van der Waals surface area contributed by atoms with Gasteiger partial charge in [0.1, 0.15) is 11.6 Å². The number of rotatable bonds is 5. The molecule has 0 fully saturated rings. The molecule has 0 spiro atoms. The van der Waals surface area contributed by atoms with Crippen molar-refractivity contribution in [3.05, 3.63) is 0 Å². The predicted octanol–water partition coefficient (Wildman–Crippen LogP) is 0.491. The molecule has 0 aliphatic heterocycles. The summed E-state index contributed by atoms with van der Waals surface area (Å²) < 4.78 is 4.94. The summed E-state index contributed by atoms with van der Waals surface area (Å²) in [6.45, 7) is 5.02. The van der Waals surface area contributed by atoms with E-state index in [1.165, 1.54) is 7.05 Å². The molecule has 0 aromatic rings. The summed E-state index contributed by atoms with van der Waals surface area (Å²) >= 11 is 0. The SMILES string of the molecule is CNC(=O)CC[C@@H](NC(=O)OC(C)(C)C)C(=O)O. The molecule has 0 aliphatic rings. The van der Waals surface area contributed by atoms with E-state index >= 15 is 0 Å². The minimum absolute atomic E-state index is 0.00818. The first-order valence-corrected chi connectivity index (χ1v) is 5.58. The smallest absolute Gasteiger partial charge is 0.408 e. The molecule has 3 N–H and O–H groups in total. The zero-order valence-corrected chi connectivity index (χ0v) is 11.1. The van der Waals surface area contributed by atoms with Gasteiger partial charge in [0.05, 0.1) is 0 Å². The summed E-state index contributed by atoms with van der Waals surface area (Å²) in [6, 6.07) is -1.14. The molecule has 7 nitrogen and oxygen atoms in total. The van der Waals surface area contributed by atoms with Gasteiger partial charge in [-0.1, -0.05) is 0 Å². The van der Waals surface area contributed by atoms with Crippen LogP contribution < -0.4 is 10.6 Å². The van der Waals surface area contributed by atoms with E-state index in [2.05, 4.69) is 10.6 Å². The van der Waals surface area contributed by atoms with Crippen molar-refractivity contribution in [3.63, 3.8) is 0 Å². The number of amides is 2. The standard InChI is InChI=1S/C11H20N2O5/c1-11(2,3)18-10(17)13-7(9(15)16)5-6-8(14)12-4/h7H,5-6H2,1-4H3,(H,12,14)(H,13,17)(H,15,16)/t7-/m1/s1. The van der Waals surface area contributed by atoms with E-state index < -0.39 is 23.7 Å². The van der Waals surface area contributed by atoms with Gasteiger partial charge in [0, 0.05) is 13.5 Å². The molecule has 0 aliphatic carbocycles. The second-order valence-electron chi connectivity index (χ2n) is 4.75. The number of alkyl carbamates (subject to hydrolysis) is 1. The van der Waals surface area contributed by atoms with Crippen LogP contribution in [-0.2, 0) is 14.3 Å². The van der Waals surface area contributed by atoms with Crippen LogP contribution in [0, 0.1) is 0 Å². The third kappa shape index (κ3) is 7.48. The highest BCUT2D eigenvalue weighted by Gasteiger charge is 2.24. The fourth-order valence-electron chi connectivity index (χ4n) is 1.11. The van der Waals surface area contributed by atoms with Crippen LogP contribution in [-0.4, -0.2) is 41.8 Å². The molecule has 0 unspecified atom stereocenters. The molecule has 1 atom stereocenters. The first kappa shape index (κ1) is 16.2. The van der Waals surface area contributed by atoms with Crippen LogP contribution in [0.25, 0.3) is 0 Å². The van der Waals surface area contributed by atoms with Gasteiger partial charge in [-0.2, -0.15) is 0 Å². The Morgan fingerprint density at radius 1 is 1.28 bits per heavy atom. The van der Waals surface area contributed by atoms with Crippen LogP contribution in [0.1, 0.15) is 33.6 Å². The zero-order valence-electron chi connectivity index (χ0n) is 11.1. The Morgan fingerprint density at radius 2 is 1.83 bits per heavy atom. The van der Waals surface area contributed by atoms with Crippen molar-refractivity contribution >= 4 is 18.0 Å². The third-order valence-electron chi connectivity index (χ3n) is 1.93. The lowest BCUT2D eigenvalue weighted by Crippen LogP contribution is -2.44. The molecule has 0 rings (SSSR count). The number of nitrogens with one attached hydrogen (secondary N) is 2. The predicted molar refractivity (Wildman–Crippen MR) is 64.1 cm³/mol. The van der Waals surface area contributed by atoms with Crippen molar-refractivity contribution in [1.82, 2.24) is 10.6 Å². The molecule has 0 heterocycles. The molecule has 0 bridgehead atoms. The third-order valence-corrected chi connectivity index (χ3v) is 1.93. The van der Waals surface area contributed by atoms with Gasteiger partial charge in [-0.3, -0.25) is 4.79 Å². The maximum absolute atomic E-state index is 11.4. The summed E-state index contributed by atoms with van der Waals surface area (Å²) in [5, 5.41) is 13.5. The number of hydrogen-bond donors (Lipinski definition) is 3. The minimum Gasteiger partial charge on any atom is -0.480 e. The fraction of sp³-hybridized carbons (Fsp3) is 0.727. The summed E-state index contributed by atoms with van der Waals surface area (Å²) in [4.78, 5) is 33.3. The van der Waals surface area contributed by atoms with E-state index in [4.69, 9.17) is 9.84 Å². The number of carboxylic acid groups (broad SMARTS) is 1. The summed E-state index contributed by atoms with van der Waals surface area (Å²) in [6.07, 6.45) is -0.788. The maximum atomic E-state index is 11.4. The van der Waals surface area contributed by atoms with Crippen molar-refractivity contribution in [3.8, 4) is 0 Å². The molecule has 0 aromatic carbocycles. The lowest BCUT2D eigenvalue weighted by atomic mass is 10.1. The van der Waals surface area contributed by atoms with E-state index in [0.717, 1.165) is 0 Å². The van der Waals surface area contributed by atoms with E-state index in [0.29, 0.717) is 0 Å². The molecular weight excluding hydrogens is 240 g/mol. The van der Waals surface area contributed by atoms with E-state index in [-0.39, 0.29) is 18.7 Å². The Balaban J connectivity index is 4.32. The van der Waals surface area contributed by atoms with Gasteiger partial charge in [0.25, 0.3) is 0 Å². The second kappa shape index (κ2) is 6.83. The minimum atomic E-state index is -1.20. The zero-order chi connectivity index (χ0) is 14.3. The molecule has 0 radical (unpaired) electrons. The molecule has 2 amide bonds. The number of carbonyl (C=O) groups excluding carboxylic acids is 2. The fourth-order valence-corrected chi connectivity index (χ4v) is 1.11. The van der Waals surface area contributed by atoms with E-state index in [1.54, 1.807) is 20.8 Å². The Bertz CT molecular complexity index is 322. The summed E-state index contributed by atoms with van der Waals surface area (Å²) in [7, 11) is 1.46. The van der Waals surface area contributed by atoms with Crippen molar-refractivity contribution in [2.75, 3.05) is 7.05 Å². The van der Waals surface area contributed by atoms with Crippen molar-refractivity contribution in [2.45, 2.75) is 45.3 Å². The van der Waals surface area contributed by atoms with Gasteiger partial charge in [-0.25, -0.2) is 9.59 Å². The second-order valence-corrected chi connectivity index (χ2v) is 4.75. The molecule has 104 valence electrons.